The Kier molecular flexibility index (Phi) is 5.67. The third-order valence-corrected chi connectivity index (χ3v) is 5.39. The summed E-state index contributed by atoms with van der Waals surface area (Å²) in [7, 11) is 0. The normalized spacial score (nSPS) is 25.8. The zero-order valence-corrected chi connectivity index (χ0v) is 14.4. The number of hydrogen-bond acceptors (Lipinski definition) is 6. The molecule has 1 N–H and O–H groups in total. The van der Waals surface area contributed by atoms with Crippen LogP contribution in [0, 0.1) is 23.2 Å². The van der Waals surface area contributed by atoms with E-state index in [0.29, 0.717) is 11.6 Å². The molecule has 2 aliphatic heterocycles. The summed E-state index contributed by atoms with van der Waals surface area (Å²) in [6.45, 7) is 10.8. The van der Waals surface area contributed by atoms with Crippen molar-refractivity contribution in [2.45, 2.75) is 6.92 Å². The van der Waals surface area contributed by atoms with Gasteiger partial charge < -0.3 is 19.8 Å². The molecule has 0 aliphatic carbocycles. The molecule has 24 heavy (non-hydrogen) atoms. The van der Waals surface area contributed by atoms with Crippen LogP contribution in [0.5, 0.6) is 0 Å². The van der Waals surface area contributed by atoms with Crippen molar-refractivity contribution in [1.29, 1.82) is 5.26 Å². The zero-order chi connectivity index (χ0) is 16.9. The second kappa shape index (κ2) is 7.93. The highest BCUT2D eigenvalue weighted by atomic mass is 16.3. The molecule has 0 spiro atoms. The maximum Gasteiger partial charge on any atom is 0.142 e. The van der Waals surface area contributed by atoms with Crippen molar-refractivity contribution in [2.24, 2.45) is 11.8 Å². The van der Waals surface area contributed by atoms with Gasteiger partial charge in [0.25, 0.3) is 0 Å². The molecule has 1 aromatic heterocycles. The molecule has 6 nitrogen and oxygen atoms in total. The van der Waals surface area contributed by atoms with E-state index in [-0.39, 0.29) is 12.5 Å². The molecule has 0 radical (unpaired) electrons. The summed E-state index contributed by atoms with van der Waals surface area (Å²) in [5, 5.41) is 18.8. The average Bonchev–Trinajstić information content (AvgIpc) is 3.05. The fraction of sp³-hybridized carbons (Fsp3) is 0.667. The van der Waals surface area contributed by atoms with Crippen molar-refractivity contribution in [3.8, 4) is 6.07 Å². The molecule has 0 amide bonds. The van der Waals surface area contributed by atoms with E-state index in [9.17, 15) is 5.11 Å². The molecule has 2 saturated heterocycles. The SMILES string of the molecule is CCN1CCN(C[C@@H]2CN(c3cccc(C#N)n3)C[C@@H]2CO)CC1. The lowest BCUT2D eigenvalue weighted by Crippen LogP contribution is -2.48. The Morgan fingerprint density at radius 2 is 1.88 bits per heavy atom. The van der Waals surface area contributed by atoms with Crippen LogP contribution in [-0.2, 0) is 0 Å². The number of hydrogen-bond donors (Lipinski definition) is 1. The average molecular weight is 329 g/mol. The Morgan fingerprint density at radius 1 is 1.17 bits per heavy atom. The third kappa shape index (κ3) is 3.86. The second-order valence-corrected chi connectivity index (χ2v) is 6.84. The van der Waals surface area contributed by atoms with Gasteiger partial charge in [0.15, 0.2) is 0 Å². The Bertz CT molecular complexity index is 579. The molecular weight excluding hydrogens is 302 g/mol. The number of aromatic nitrogens is 1. The summed E-state index contributed by atoms with van der Waals surface area (Å²) in [5.74, 6) is 1.59. The van der Waals surface area contributed by atoms with Crippen molar-refractivity contribution in [2.75, 3.05) is 63.9 Å². The van der Waals surface area contributed by atoms with Gasteiger partial charge in [0, 0.05) is 58.3 Å². The maximum absolute atomic E-state index is 9.79. The lowest BCUT2D eigenvalue weighted by Gasteiger charge is -2.36. The molecule has 2 atom stereocenters. The van der Waals surface area contributed by atoms with Crippen LogP contribution >= 0.6 is 0 Å². The number of piperazine rings is 1. The van der Waals surface area contributed by atoms with Gasteiger partial charge in [0.2, 0.25) is 0 Å². The van der Waals surface area contributed by atoms with Crippen LogP contribution in [0.2, 0.25) is 0 Å². The van der Waals surface area contributed by atoms with E-state index >= 15 is 0 Å². The van der Waals surface area contributed by atoms with E-state index in [2.05, 4.69) is 32.7 Å². The van der Waals surface area contributed by atoms with E-state index in [0.717, 1.165) is 58.2 Å². The Balaban J connectivity index is 1.61. The quantitative estimate of drug-likeness (QED) is 0.855. The number of nitriles is 1. The number of nitrogens with zero attached hydrogens (tertiary/aromatic N) is 5. The van der Waals surface area contributed by atoms with Gasteiger partial charge in [-0.15, -0.1) is 0 Å². The van der Waals surface area contributed by atoms with Crippen LogP contribution in [0.3, 0.4) is 0 Å². The van der Waals surface area contributed by atoms with Crippen molar-refractivity contribution >= 4 is 5.82 Å². The van der Waals surface area contributed by atoms with Crippen LogP contribution < -0.4 is 4.90 Å². The highest BCUT2D eigenvalue weighted by molar-refractivity contribution is 5.43. The largest absolute Gasteiger partial charge is 0.396 e. The van der Waals surface area contributed by atoms with Gasteiger partial charge in [0.1, 0.15) is 17.6 Å². The van der Waals surface area contributed by atoms with Crippen LogP contribution in [0.4, 0.5) is 5.82 Å². The zero-order valence-electron chi connectivity index (χ0n) is 14.4. The van der Waals surface area contributed by atoms with Gasteiger partial charge in [-0.3, -0.25) is 0 Å². The molecule has 0 bridgehead atoms. The summed E-state index contributed by atoms with van der Waals surface area (Å²) in [6, 6.07) is 7.67. The first-order valence-electron chi connectivity index (χ1n) is 8.91. The van der Waals surface area contributed by atoms with Gasteiger partial charge in [-0.05, 0) is 24.6 Å². The standard InChI is InChI=1S/C18H27N5O/c1-2-21-6-8-22(9-7-21)11-15-12-23(13-16(15)14-24)18-5-3-4-17(10-19)20-18/h3-5,15-16,24H,2,6-9,11-14H2,1H3/t15-,16-/m1/s1. The summed E-state index contributed by atoms with van der Waals surface area (Å²) in [6.07, 6.45) is 0. The van der Waals surface area contributed by atoms with Crippen LogP contribution in [-0.4, -0.2) is 78.9 Å². The topological polar surface area (TPSA) is 66.6 Å². The Hall–Kier alpha value is -1.68. The van der Waals surface area contributed by atoms with Gasteiger partial charge in [0.05, 0.1) is 0 Å². The van der Waals surface area contributed by atoms with E-state index < -0.39 is 0 Å². The first-order chi connectivity index (χ1) is 11.7. The van der Waals surface area contributed by atoms with E-state index in [4.69, 9.17) is 5.26 Å². The van der Waals surface area contributed by atoms with Crippen molar-refractivity contribution < 1.29 is 5.11 Å². The number of rotatable bonds is 5. The summed E-state index contributed by atoms with van der Waals surface area (Å²) in [5.41, 5.74) is 0.451. The van der Waals surface area contributed by atoms with Crippen molar-refractivity contribution in [3.63, 3.8) is 0 Å². The fourth-order valence-electron chi connectivity index (χ4n) is 3.82. The Morgan fingerprint density at radius 3 is 2.54 bits per heavy atom. The van der Waals surface area contributed by atoms with Gasteiger partial charge in [-0.25, -0.2) is 4.98 Å². The highest BCUT2D eigenvalue weighted by Gasteiger charge is 2.34. The van der Waals surface area contributed by atoms with Crippen molar-refractivity contribution in [1.82, 2.24) is 14.8 Å². The molecule has 2 fully saturated rings. The minimum absolute atomic E-state index is 0.216. The van der Waals surface area contributed by atoms with Crippen LogP contribution in [0.15, 0.2) is 18.2 Å². The highest BCUT2D eigenvalue weighted by Crippen LogP contribution is 2.28. The summed E-state index contributed by atoms with van der Waals surface area (Å²) >= 11 is 0. The van der Waals surface area contributed by atoms with Gasteiger partial charge in [-0.1, -0.05) is 13.0 Å². The molecule has 0 aromatic carbocycles. The smallest absolute Gasteiger partial charge is 0.142 e. The predicted octanol–water partition coefficient (Wildman–Crippen LogP) is 0.635. The van der Waals surface area contributed by atoms with Crippen molar-refractivity contribution in [3.05, 3.63) is 23.9 Å². The van der Waals surface area contributed by atoms with Gasteiger partial charge >= 0.3 is 0 Å². The van der Waals surface area contributed by atoms with E-state index in [1.807, 2.05) is 12.1 Å². The second-order valence-electron chi connectivity index (χ2n) is 6.84. The first-order valence-corrected chi connectivity index (χ1v) is 8.91. The molecule has 3 rings (SSSR count). The lowest BCUT2D eigenvalue weighted by molar-refractivity contribution is 0.106. The minimum atomic E-state index is 0.216. The van der Waals surface area contributed by atoms with Crippen LogP contribution in [0.25, 0.3) is 0 Å². The fourth-order valence-corrected chi connectivity index (χ4v) is 3.82. The molecular formula is C18H27N5O. The molecule has 0 saturated carbocycles. The van der Waals surface area contributed by atoms with E-state index in [1.54, 1.807) is 6.07 Å². The maximum atomic E-state index is 9.79. The van der Waals surface area contributed by atoms with E-state index in [1.165, 1.54) is 0 Å². The number of pyridine rings is 1. The lowest BCUT2D eigenvalue weighted by atomic mass is 9.96. The van der Waals surface area contributed by atoms with Gasteiger partial charge in [-0.2, -0.15) is 5.26 Å². The number of aliphatic hydroxyl groups excluding tert-OH is 1. The summed E-state index contributed by atoms with van der Waals surface area (Å²) in [4.78, 5) is 11.6. The monoisotopic (exact) mass is 329 g/mol. The minimum Gasteiger partial charge on any atom is -0.396 e. The molecule has 2 aliphatic rings. The number of aliphatic hydroxyl groups is 1. The summed E-state index contributed by atoms with van der Waals surface area (Å²) < 4.78 is 0. The predicted molar refractivity (Wildman–Crippen MR) is 93.8 cm³/mol. The third-order valence-electron chi connectivity index (χ3n) is 5.39. The molecule has 1 aromatic rings. The molecule has 6 heteroatoms. The number of likely N-dealkylation sites (N-methyl/N-ethyl adjacent to an activating group) is 1. The molecule has 130 valence electrons. The number of anilines is 1. The first kappa shape index (κ1) is 17.2. The molecule has 0 unspecified atom stereocenters. The molecule has 3 heterocycles. The van der Waals surface area contributed by atoms with Crippen LogP contribution in [0.1, 0.15) is 12.6 Å². The Labute approximate surface area is 144 Å².